The second kappa shape index (κ2) is 10.5. The molecule has 7 heteroatoms. The molecule has 164 valence electrons. The zero-order valence-electron chi connectivity index (χ0n) is 18.8. The SMILES string of the molecule is CC(C)c1cc(C(C)C)c(S(=O)(=O)N/N=C/C2=C(SC#N)CCCC2)c(C(C)C)c1. The summed E-state index contributed by atoms with van der Waals surface area (Å²) in [5.41, 5.74) is 3.74. The monoisotopic (exact) mass is 447 g/mol. The van der Waals surface area contributed by atoms with E-state index in [1.165, 1.54) is 0 Å². The van der Waals surface area contributed by atoms with Crippen molar-refractivity contribution in [2.24, 2.45) is 5.10 Å². The summed E-state index contributed by atoms with van der Waals surface area (Å²) in [6.45, 7) is 12.3. The Labute approximate surface area is 186 Å². The van der Waals surface area contributed by atoms with E-state index in [1.807, 2.05) is 39.8 Å². The second-order valence-electron chi connectivity index (χ2n) is 8.69. The van der Waals surface area contributed by atoms with Crippen LogP contribution >= 0.6 is 11.8 Å². The van der Waals surface area contributed by atoms with Gasteiger partial charge in [-0.1, -0.05) is 53.7 Å². The fourth-order valence-electron chi connectivity index (χ4n) is 3.63. The number of hydrazone groups is 1. The van der Waals surface area contributed by atoms with E-state index >= 15 is 0 Å². The summed E-state index contributed by atoms with van der Waals surface area (Å²) < 4.78 is 26.6. The molecule has 0 radical (unpaired) electrons. The van der Waals surface area contributed by atoms with Gasteiger partial charge in [-0.05, 0) is 77.5 Å². The van der Waals surface area contributed by atoms with Crippen molar-refractivity contribution in [2.45, 2.75) is 89.9 Å². The van der Waals surface area contributed by atoms with Crippen LogP contribution in [0, 0.1) is 10.7 Å². The van der Waals surface area contributed by atoms with Crippen molar-refractivity contribution in [1.82, 2.24) is 4.83 Å². The number of sulfonamides is 1. The van der Waals surface area contributed by atoms with Crippen LogP contribution in [-0.4, -0.2) is 14.6 Å². The van der Waals surface area contributed by atoms with Crippen LogP contribution in [0.1, 0.15) is 102 Å². The van der Waals surface area contributed by atoms with E-state index < -0.39 is 10.0 Å². The van der Waals surface area contributed by atoms with Crippen molar-refractivity contribution >= 4 is 28.0 Å². The summed E-state index contributed by atoms with van der Waals surface area (Å²) >= 11 is 1.15. The first-order valence-corrected chi connectivity index (χ1v) is 12.9. The standard InChI is InChI=1S/C23H33N3O2S2/c1-15(2)19-11-20(16(3)4)23(21(12-19)17(5)6)30(27,28)26-25-13-18-9-7-8-10-22(18)29-14-24/h11-13,15-17,26H,7-10H2,1-6H3/b25-13+. The van der Waals surface area contributed by atoms with Crippen molar-refractivity contribution in [2.75, 3.05) is 0 Å². The minimum absolute atomic E-state index is 0.0661. The molecule has 1 aliphatic rings. The topological polar surface area (TPSA) is 82.3 Å². The highest BCUT2D eigenvalue weighted by atomic mass is 32.2. The lowest BCUT2D eigenvalue weighted by Gasteiger charge is -2.22. The maximum Gasteiger partial charge on any atom is 0.277 e. The number of rotatable bonds is 8. The summed E-state index contributed by atoms with van der Waals surface area (Å²) in [6.07, 6.45) is 5.30. The summed E-state index contributed by atoms with van der Waals surface area (Å²) in [7, 11) is -3.83. The molecular weight excluding hydrogens is 414 g/mol. The number of nitrogens with zero attached hydrogens (tertiary/aromatic N) is 2. The molecule has 30 heavy (non-hydrogen) atoms. The first-order chi connectivity index (χ1) is 14.1. The third kappa shape index (κ3) is 5.89. The highest BCUT2D eigenvalue weighted by molar-refractivity contribution is 8.07. The Bertz CT molecular complexity index is 940. The van der Waals surface area contributed by atoms with Crippen molar-refractivity contribution in [3.05, 3.63) is 39.3 Å². The summed E-state index contributed by atoms with van der Waals surface area (Å²) in [6, 6.07) is 4.04. The van der Waals surface area contributed by atoms with Crippen LogP contribution in [0.5, 0.6) is 0 Å². The van der Waals surface area contributed by atoms with Crippen molar-refractivity contribution in [3.8, 4) is 5.40 Å². The minimum Gasteiger partial charge on any atom is -0.200 e. The predicted octanol–water partition coefficient (Wildman–Crippen LogP) is 6.36. The molecule has 1 aromatic carbocycles. The summed E-state index contributed by atoms with van der Waals surface area (Å²) in [5, 5.41) is 15.2. The van der Waals surface area contributed by atoms with Crippen LogP contribution < -0.4 is 4.83 Å². The Hall–Kier alpha value is -1.78. The van der Waals surface area contributed by atoms with Crippen molar-refractivity contribution in [3.63, 3.8) is 0 Å². The lowest BCUT2D eigenvalue weighted by atomic mass is 9.89. The van der Waals surface area contributed by atoms with Gasteiger partial charge in [0.25, 0.3) is 10.0 Å². The largest absolute Gasteiger partial charge is 0.277 e. The highest BCUT2D eigenvalue weighted by Gasteiger charge is 2.26. The average Bonchev–Trinajstić information content (AvgIpc) is 2.68. The van der Waals surface area contributed by atoms with E-state index in [0.29, 0.717) is 10.8 Å². The van der Waals surface area contributed by atoms with Crippen LogP contribution in [0.25, 0.3) is 0 Å². The summed E-state index contributed by atoms with van der Waals surface area (Å²) in [5.74, 6) is 0.449. The van der Waals surface area contributed by atoms with E-state index in [1.54, 1.807) is 6.21 Å². The minimum atomic E-state index is -3.83. The molecule has 0 heterocycles. The molecule has 0 atom stereocenters. The molecule has 1 aromatic rings. The molecule has 0 spiro atoms. The van der Waals surface area contributed by atoms with Gasteiger partial charge >= 0.3 is 0 Å². The lowest BCUT2D eigenvalue weighted by Crippen LogP contribution is -2.23. The van der Waals surface area contributed by atoms with E-state index in [0.717, 1.165) is 64.6 Å². The van der Waals surface area contributed by atoms with Gasteiger partial charge in [-0.15, -0.1) is 0 Å². The van der Waals surface area contributed by atoms with Gasteiger partial charge in [-0.25, -0.2) is 4.83 Å². The molecule has 0 bridgehead atoms. The van der Waals surface area contributed by atoms with Crippen LogP contribution in [0.15, 0.2) is 32.6 Å². The number of allylic oxidation sites excluding steroid dienone is 2. The molecule has 1 aliphatic carbocycles. The quantitative estimate of drug-likeness (QED) is 0.285. The molecule has 0 saturated carbocycles. The molecule has 0 saturated heterocycles. The zero-order valence-corrected chi connectivity index (χ0v) is 20.5. The number of nitriles is 1. The van der Waals surface area contributed by atoms with Gasteiger partial charge < -0.3 is 0 Å². The predicted molar refractivity (Wildman–Crippen MR) is 126 cm³/mol. The number of thioether (sulfide) groups is 1. The van der Waals surface area contributed by atoms with Crippen molar-refractivity contribution in [1.29, 1.82) is 5.26 Å². The number of hydrogen-bond donors (Lipinski definition) is 1. The van der Waals surface area contributed by atoms with Crippen LogP contribution in [0.2, 0.25) is 0 Å². The van der Waals surface area contributed by atoms with Gasteiger partial charge in [0, 0.05) is 4.91 Å². The normalized spacial score (nSPS) is 15.5. The second-order valence-corrected chi connectivity index (χ2v) is 11.2. The first-order valence-electron chi connectivity index (χ1n) is 10.6. The van der Waals surface area contributed by atoms with Gasteiger partial charge in [0.1, 0.15) is 5.40 Å². The van der Waals surface area contributed by atoms with Crippen LogP contribution in [0.4, 0.5) is 0 Å². The van der Waals surface area contributed by atoms with Crippen LogP contribution in [0.3, 0.4) is 0 Å². The Morgan fingerprint density at radius 1 is 1.03 bits per heavy atom. The molecular formula is C23H33N3O2S2. The Kier molecular flexibility index (Phi) is 8.57. The van der Waals surface area contributed by atoms with Gasteiger partial charge in [0.05, 0.1) is 11.1 Å². The Morgan fingerprint density at radius 3 is 2.10 bits per heavy atom. The average molecular weight is 448 g/mol. The van der Waals surface area contributed by atoms with Gasteiger partial charge in [0.15, 0.2) is 0 Å². The molecule has 0 unspecified atom stereocenters. The smallest absolute Gasteiger partial charge is 0.200 e. The van der Waals surface area contributed by atoms with Gasteiger partial charge in [0.2, 0.25) is 0 Å². The van der Waals surface area contributed by atoms with E-state index in [2.05, 4.69) is 29.2 Å². The van der Waals surface area contributed by atoms with Gasteiger partial charge in [-0.2, -0.15) is 18.8 Å². The zero-order chi connectivity index (χ0) is 22.5. The fraction of sp³-hybridized carbons (Fsp3) is 0.565. The maximum absolute atomic E-state index is 13.3. The van der Waals surface area contributed by atoms with E-state index in [9.17, 15) is 8.42 Å². The van der Waals surface area contributed by atoms with E-state index in [4.69, 9.17) is 5.26 Å². The molecule has 5 nitrogen and oxygen atoms in total. The number of hydrogen-bond acceptors (Lipinski definition) is 5. The number of benzene rings is 1. The molecule has 0 fully saturated rings. The third-order valence-electron chi connectivity index (χ3n) is 5.37. The molecule has 0 aliphatic heterocycles. The Balaban J connectivity index is 2.47. The Morgan fingerprint density at radius 2 is 1.60 bits per heavy atom. The maximum atomic E-state index is 13.3. The number of thiocyanates is 1. The first kappa shape index (κ1) is 24.5. The molecule has 1 N–H and O–H groups in total. The third-order valence-corrected chi connectivity index (χ3v) is 7.53. The molecule has 0 amide bonds. The lowest BCUT2D eigenvalue weighted by molar-refractivity contribution is 0.579. The van der Waals surface area contributed by atoms with Crippen molar-refractivity contribution < 1.29 is 8.42 Å². The molecule has 2 rings (SSSR count). The molecule has 0 aromatic heterocycles. The number of nitrogens with one attached hydrogen (secondary N) is 1. The van der Waals surface area contributed by atoms with E-state index in [-0.39, 0.29) is 11.8 Å². The highest BCUT2D eigenvalue weighted by Crippen LogP contribution is 2.35. The summed E-state index contributed by atoms with van der Waals surface area (Å²) in [4.78, 5) is 3.77. The fourth-order valence-corrected chi connectivity index (χ4v) is 5.76. The van der Waals surface area contributed by atoms with Crippen LogP contribution in [-0.2, 0) is 10.0 Å². The van der Waals surface area contributed by atoms with Gasteiger partial charge in [-0.3, -0.25) is 0 Å².